The summed E-state index contributed by atoms with van der Waals surface area (Å²) in [6, 6.07) is 0.424. The van der Waals surface area contributed by atoms with Gasteiger partial charge in [0.05, 0.1) is 0 Å². The lowest BCUT2D eigenvalue weighted by Crippen LogP contribution is -2.38. The Morgan fingerprint density at radius 1 is 1.35 bits per heavy atom. The number of allylic oxidation sites excluding steroid dienone is 1. The number of nitrogens with two attached hydrogens (primary N) is 1. The Morgan fingerprint density at radius 3 is 2.53 bits per heavy atom. The highest BCUT2D eigenvalue weighted by atomic mass is 14.6. The average molecular weight is 237 g/mol. The van der Waals surface area contributed by atoms with Gasteiger partial charge in [0.2, 0.25) is 0 Å². The van der Waals surface area contributed by atoms with E-state index < -0.39 is 0 Å². The van der Waals surface area contributed by atoms with Gasteiger partial charge in [0.15, 0.2) is 0 Å². The van der Waals surface area contributed by atoms with E-state index in [1.807, 2.05) is 0 Å². The lowest BCUT2D eigenvalue weighted by molar-refractivity contribution is 0.139. The summed E-state index contributed by atoms with van der Waals surface area (Å²) in [6.07, 6.45) is 6.09. The summed E-state index contributed by atoms with van der Waals surface area (Å²) in [5, 5.41) is 0. The van der Waals surface area contributed by atoms with Crippen LogP contribution >= 0.6 is 0 Å². The smallest absolute Gasteiger partial charge is 0.00418 e. The first-order valence-corrected chi connectivity index (χ1v) is 7.44. The molecule has 1 fully saturated rings. The molecule has 2 N–H and O–H groups in total. The second kappa shape index (κ2) is 6.58. The van der Waals surface area contributed by atoms with Gasteiger partial charge < -0.3 is 5.73 Å². The molecule has 0 aliphatic heterocycles. The second-order valence-corrected chi connectivity index (χ2v) is 6.14. The van der Waals surface area contributed by atoms with Crippen LogP contribution in [-0.4, -0.2) is 6.04 Å². The maximum Gasteiger partial charge on any atom is 0.00418 e. The van der Waals surface area contributed by atoms with Crippen molar-refractivity contribution in [2.75, 3.05) is 0 Å². The molecule has 1 aliphatic carbocycles. The summed E-state index contributed by atoms with van der Waals surface area (Å²) in [7, 11) is 0. The van der Waals surface area contributed by atoms with Crippen molar-refractivity contribution in [1.29, 1.82) is 0 Å². The lowest BCUT2D eigenvalue weighted by atomic mass is 9.65. The molecule has 5 atom stereocenters. The van der Waals surface area contributed by atoms with Crippen molar-refractivity contribution in [3.05, 3.63) is 12.2 Å². The summed E-state index contributed by atoms with van der Waals surface area (Å²) in [5.41, 5.74) is 7.63. The Morgan fingerprint density at radius 2 is 2.00 bits per heavy atom. The van der Waals surface area contributed by atoms with E-state index in [0.717, 1.165) is 24.2 Å². The molecule has 17 heavy (non-hydrogen) atoms. The Bertz CT molecular complexity index is 246. The van der Waals surface area contributed by atoms with Crippen LogP contribution in [0, 0.1) is 23.7 Å². The molecule has 0 radical (unpaired) electrons. The van der Waals surface area contributed by atoms with Crippen molar-refractivity contribution < 1.29 is 0 Å². The molecule has 1 heteroatoms. The third kappa shape index (κ3) is 3.58. The van der Waals surface area contributed by atoms with Crippen LogP contribution in [0.1, 0.15) is 59.8 Å². The van der Waals surface area contributed by atoms with Crippen molar-refractivity contribution in [3.8, 4) is 0 Å². The van der Waals surface area contributed by atoms with Gasteiger partial charge in [0, 0.05) is 6.04 Å². The first-order valence-electron chi connectivity index (χ1n) is 7.44. The predicted molar refractivity (Wildman–Crippen MR) is 76.9 cm³/mol. The van der Waals surface area contributed by atoms with Crippen LogP contribution in [0.25, 0.3) is 0 Å². The van der Waals surface area contributed by atoms with Gasteiger partial charge in [0.25, 0.3) is 0 Å². The molecule has 0 amide bonds. The Hall–Kier alpha value is -0.300. The molecule has 0 bridgehead atoms. The summed E-state index contributed by atoms with van der Waals surface area (Å²) >= 11 is 0. The van der Waals surface area contributed by atoms with Crippen LogP contribution in [0.15, 0.2) is 12.2 Å². The lowest BCUT2D eigenvalue weighted by Gasteiger charge is -2.41. The van der Waals surface area contributed by atoms with Gasteiger partial charge in [-0.05, 0) is 49.4 Å². The van der Waals surface area contributed by atoms with Gasteiger partial charge in [-0.3, -0.25) is 0 Å². The van der Waals surface area contributed by atoms with Crippen LogP contribution in [0.5, 0.6) is 0 Å². The maximum atomic E-state index is 6.18. The molecule has 1 nitrogen and oxygen atoms in total. The van der Waals surface area contributed by atoms with E-state index in [-0.39, 0.29) is 0 Å². The molecule has 0 saturated heterocycles. The molecular formula is C16H31N. The zero-order valence-corrected chi connectivity index (χ0v) is 12.2. The molecule has 100 valence electrons. The average Bonchev–Trinajstić information content (AvgIpc) is 2.33. The van der Waals surface area contributed by atoms with Crippen molar-refractivity contribution >= 4 is 0 Å². The van der Waals surface area contributed by atoms with Gasteiger partial charge >= 0.3 is 0 Å². The quantitative estimate of drug-likeness (QED) is 0.706. The van der Waals surface area contributed by atoms with E-state index >= 15 is 0 Å². The van der Waals surface area contributed by atoms with Gasteiger partial charge in [-0.1, -0.05) is 46.3 Å². The molecule has 0 aromatic heterocycles. The third-order valence-electron chi connectivity index (χ3n) is 4.94. The summed E-state index contributed by atoms with van der Waals surface area (Å²) in [4.78, 5) is 0. The van der Waals surface area contributed by atoms with E-state index in [4.69, 9.17) is 5.73 Å². The standard InChI is InChI=1S/C16H31N/c1-6-11(3)16(12(4)7-2)15-10-14(17)9-8-13(15)5/h12-16H,3,6-10,17H2,1-2,4-5H3. The van der Waals surface area contributed by atoms with E-state index in [1.54, 1.807) is 0 Å². The summed E-state index contributed by atoms with van der Waals surface area (Å²) in [6.45, 7) is 13.7. The van der Waals surface area contributed by atoms with Crippen LogP contribution < -0.4 is 5.73 Å². The van der Waals surface area contributed by atoms with Gasteiger partial charge in [0.1, 0.15) is 0 Å². The van der Waals surface area contributed by atoms with Crippen molar-refractivity contribution in [3.63, 3.8) is 0 Å². The molecule has 0 spiro atoms. The molecule has 1 aliphatic rings. The molecule has 0 aromatic carbocycles. The van der Waals surface area contributed by atoms with E-state index in [1.165, 1.54) is 31.3 Å². The minimum absolute atomic E-state index is 0.424. The maximum absolute atomic E-state index is 6.18. The van der Waals surface area contributed by atoms with E-state index in [2.05, 4.69) is 34.3 Å². The fourth-order valence-electron chi connectivity index (χ4n) is 3.51. The number of hydrogen-bond donors (Lipinski definition) is 1. The summed E-state index contributed by atoms with van der Waals surface area (Å²) < 4.78 is 0. The van der Waals surface area contributed by atoms with Crippen LogP contribution in [-0.2, 0) is 0 Å². The van der Waals surface area contributed by atoms with Crippen LogP contribution in [0.2, 0.25) is 0 Å². The molecule has 5 unspecified atom stereocenters. The molecule has 0 heterocycles. The van der Waals surface area contributed by atoms with Crippen LogP contribution in [0.4, 0.5) is 0 Å². The molecule has 1 saturated carbocycles. The highest BCUT2D eigenvalue weighted by Gasteiger charge is 2.35. The van der Waals surface area contributed by atoms with Crippen molar-refractivity contribution in [1.82, 2.24) is 0 Å². The first kappa shape index (κ1) is 14.8. The zero-order chi connectivity index (χ0) is 13.0. The van der Waals surface area contributed by atoms with Gasteiger partial charge in [-0.15, -0.1) is 0 Å². The largest absolute Gasteiger partial charge is 0.328 e. The van der Waals surface area contributed by atoms with Crippen LogP contribution in [0.3, 0.4) is 0 Å². The van der Waals surface area contributed by atoms with E-state index in [9.17, 15) is 0 Å². The number of rotatable bonds is 5. The first-order chi connectivity index (χ1) is 8.01. The molecular weight excluding hydrogens is 206 g/mol. The van der Waals surface area contributed by atoms with Gasteiger partial charge in [-0.25, -0.2) is 0 Å². The Balaban J connectivity index is 2.83. The Kier molecular flexibility index (Phi) is 5.72. The molecule has 0 aromatic rings. The third-order valence-corrected chi connectivity index (χ3v) is 4.94. The van der Waals surface area contributed by atoms with E-state index in [0.29, 0.717) is 12.0 Å². The number of hydrogen-bond acceptors (Lipinski definition) is 1. The highest BCUT2D eigenvalue weighted by molar-refractivity contribution is 5.06. The fraction of sp³-hybridized carbons (Fsp3) is 0.875. The SMILES string of the molecule is C=C(CC)C(C(C)CC)C1CC(N)CCC1C. The van der Waals surface area contributed by atoms with Gasteiger partial charge in [-0.2, -0.15) is 0 Å². The van der Waals surface area contributed by atoms with Crippen molar-refractivity contribution in [2.45, 2.75) is 65.8 Å². The zero-order valence-electron chi connectivity index (χ0n) is 12.2. The monoisotopic (exact) mass is 237 g/mol. The summed E-state index contributed by atoms with van der Waals surface area (Å²) in [5.74, 6) is 3.02. The normalized spacial score (nSPS) is 33.1. The topological polar surface area (TPSA) is 26.0 Å². The highest BCUT2D eigenvalue weighted by Crippen LogP contribution is 2.42. The van der Waals surface area contributed by atoms with Crippen molar-refractivity contribution in [2.24, 2.45) is 29.4 Å². The molecule has 1 rings (SSSR count). The predicted octanol–water partition coefficient (Wildman–Crippen LogP) is 4.38. The fourth-order valence-corrected chi connectivity index (χ4v) is 3.51. The Labute approximate surface area is 108 Å². The minimum atomic E-state index is 0.424. The second-order valence-electron chi connectivity index (χ2n) is 6.14. The minimum Gasteiger partial charge on any atom is -0.328 e.